The van der Waals surface area contributed by atoms with Crippen LogP contribution >= 0.6 is 0 Å². The highest BCUT2D eigenvalue weighted by Gasteiger charge is 2.26. The Kier molecular flexibility index (Phi) is 3.83. The first-order valence-electron chi connectivity index (χ1n) is 6.35. The molecule has 0 heterocycles. The fourth-order valence-electron chi connectivity index (χ4n) is 1.71. The molecule has 102 valence electrons. The molecule has 0 aromatic heterocycles. The van der Waals surface area contributed by atoms with Crippen LogP contribution in [0.1, 0.15) is 35.7 Å². The van der Waals surface area contributed by atoms with E-state index in [4.69, 9.17) is 0 Å². The van der Waals surface area contributed by atoms with Crippen LogP contribution in [-0.2, 0) is 4.79 Å². The molecule has 0 radical (unpaired) electrons. The summed E-state index contributed by atoms with van der Waals surface area (Å²) in [7, 11) is 0. The van der Waals surface area contributed by atoms with Crippen LogP contribution in [0, 0.1) is 12.7 Å². The summed E-state index contributed by atoms with van der Waals surface area (Å²) in [5.74, 6) is -1.39. The van der Waals surface area contributed by atoms with Crippen LogP contribution < -0.4 is 10.6 Å². The molecule has 1 aliphatic rings. The van der Waals surface area contributed by atoms with Crippen LogP contribution in [-0.4, -0.2) is 23.9 Å². The summed E-state index contributed by atoms with van der Waals surface area (Å²) in [5, 5.41) is 5.30. The molecule has 0 saturated heterocycles. The smallest absolute Gasteiger partial charge is 0.254 e. The molecule has 2 amide bonds. The zero-order valence-electron chi connectivity index (χ0n) is 11.0. The molecule has 1 atom stereocenters. The molecule has 0 aliphatic heterocycles. The molecule has 5 heteroatoms. The standard InChI is InChI=1S/C14H17FN2O2/c1-8-3-6-12(15)11(7-8)14(19)16-9(2)13(18)17-10-4-5-10/h3,6-7,9-10H,4-5H2,1-2H3,(H,16,19)(H,17,18). The predicted octanol–water partition coefficient (Wildman–Crippen LogP) is 1.53. The third-order valence-electron chi connectivity index (χ3n) is 3.03. The monoisotopic (exact) mass is 264 g/mol. The second kappa shape index (κ2) is 5.38. The van der Waals surface area contributed by atoms with Gasteiger partial charge >= 0.3 is 0 Å². The summed E-state index contributed by atoms with van der Waals surface area (Å²) in [5.41, 5.74) is 0.757. The minimum atomic E-state index is -0.673. The molecule has 19 heavy (non-hydrogen) atoms. The number of amides is 2. The minimum Gasteiger partial charge on any atom is -0.352 e. The number of benzene rings is 1. The maximum absolute atomic E-state index is 13.5. The third kappa shape index (κ3) is 3.53. The molecule has 1 unspecified atom stereocenters. The van der Waals surface area contributed by atoms with Crippen LogP contribution in [0.2, 0.25) is 0 Å². The fourth-order valence-corrected chi connectivity index (χ4v) is 1.71. The molecule has 1 aromatic rings. The lowest BCUT2D eigenvalue weighted by Gasteiger charge is -2.14. The van der Waals surface area contributed by atoms with Crippen molar-refractivity contribution in [2.45, 2.75) is 38.8 Å². The summed E-state index contributed by atoms with van der Waals surface area (Å²) in [6.07, 6.45) is 1.97. The largest absolute Gasteiger partial charge is 0.352 e. The number of hydrogen-bond donors (Lipinski definition) is 2. The Morgan fingerprint density at radius 2 is 2.05 bits per heavy atom. The van der Waals surface area contributed by atoms with Gasteiger partial charge in [0.1, 0.15) is 11.9 Å². The Morgan fingerprint density at radius 3 is 2.68 bits per heavy atom. The Morgan fingerprint density at radius 1 is 1.37 bits per heavy atom. The molecule has 0 spiro atoms. The maximum atomic E-state index is 13.5. The van der Waals surface area contributed by atoms with Gasteiger partial charge in [-0.3, -0.25) is 9.59 Å². The fraction of sp³-hybridized carbons (Fsp3) is 0.429. The van der Waals surface area contributed by atoms with Crippen molar-refractivity contribution in [2.75, 3.05) is 0 Å². The Balaban J connectivity index is 1.99. The van der Waals surface area contributed by atoms with Gasteiger partial charge in [0.25, 0.3) is 5.91 Å². The topological polar surface area (TPSA) is 58.2 Å². The van der Waals surface area contributed by atoms with E-state index in [-0.39, 0.29) is 17.5 Å². The van der Waals surface area contributed by atoms with Gasteiger partial charge in [0.15, 0.2) is 0 Å². The molecular formula is C14H17FN2O2. The summed E-state index contributed by atoms with van der Waals surface area (Å²) >= 11 is 0. The van der Waals surface area contributed by atoms with E-state index in [1.165, 1.54) is 12.1 Å². The average molecular weight is 264 g/mol. The van der Waals surface area contributed by atoms with Crippen molar-refractivity contribution in [3.63, 3.8) is 0 Å². The van der Waals surface area contributed by atoms with Crippen LogP contribution in [0.5, 0.6) is 0 Å². The SMILES string of the molecule is Cc1ccc(F)c(C(=O)NC(C)C(=O)NC2CC2)c1. The number of nitrogens with one attached hydrogen (secondary N) is 2. The van der Waals surface area contributed by atoms with Crippen molar-refractivity contribution in [1.82, 2.24) is 10.6 Å². The van der Waals surface area contributed by atoms with Crippen molar-refractivity contribution in [3.05, 3.63) is 35.1 Å². The average Bonchev–Trinajstić information content (AvgIpc) is 3.15. The van der Waals surface area contributed by atoms with E-state index in [0.29, 0.717) is 0 Å². The molecule has 2 N–H and O–H groups in total. The van der Waals surface area contributed by atoms with Gasteiger partial charge in [-0.2, -0.15) is 0 Å². The lowest BCUT2D eigenvalue weighted by Crippen LogP contribution is -2.45. The number of hydrogen-bond acceptors (Lipinski definition) is 2. The van der Waals surface area contributed by atoms with Crippen molar-refractivity contribution >= 4 is 11.8 Å². The van der Waals surface area contributed by atoms with Crippen LogP contribution in [0.3, 0.4) is 0 Å². The van der Waals surface area contributed by atoms with E-state index in [1.807, 2.05) is 0 Å². The molecule has 4 nitrogen and oxygen atoms in total. The van der Waals surface area contributed by atoms with Gasteiger partial charge in [0.05, 0.1) is 5.56 Å². The zero-order chi connectivity index (χ0) is 14.0. The highest BCUT2D eigenvalue weighted by Crippen LogP contribution is 2.18. The lowest BCUT2D eigenvalue weighted by atomic mass is 10.1. The molecule has 1 aliphatic carbocycles. The van der Waals surface area contributed by atoms with Gasteiger partial charge in [-0.25, -0.2) is 4.39 Å². The van der Waals surface area contributed by atoms with E-state index < -0.39 is 17.8 Å². The Bertz CT molecular complexity index is 512. The van der Waals surface area contributed by atoms with Crippen molar-refractivity contribution in [1.29, 1.82) is 0 Å². The molecule has 1 fully saturated rings. The first-order valence-corrected chi connectivity index (χ1v) is 6.35. The molecule has 0 bridgehead atoms. The molecule has 1 saturated carbocycles. The van der Waals surface area contributed by atoms with Gasteiger partial charge in [-0.1, -0.05) is 11.6 Å². The van der Waals surface area contributed by atoms with E-state index >= 15 is 0 Å². The van der Waals surface area contributed by atoms with Gasteiger partial charge in [0, 0.05) is 6.04 Å². The summed E-state index contributed by atoms with van der Waals surface area (Å²) in [6.45, 7) is 3.36. The van der Waals surface area contributed by atoms with Crippen LogP contribution in [0.25, 0.3) is 0 Å². The van der Waals surface area contributed by atoms with Gasteiger partial charge in [-0.05, 0) is 38.8 Å². The normalized spacial score (nSPS) is 15.7. The van der Waals surface area contributed by atoms with E-state index in [0.717, 1.165) is 18.4 Å². The lowest BCUT2D eigenvalue weighted by molar-refractivity contribution is -0.122. The van der Waals surface area contributed by atoms with E-state index in [9.17, 15) is 14.0 Å². The third-order valence-corrected chi connectivity index (χ3v) is 3.03. The number of carbonyl (C=O) groups excluding carboxylic acids is 2. The Hall–Kier alpha value is -1.91. The predicted molar refractivity (Wildman–Crippen MR) is 69.2 cm³/mol. The van der Waals surface area contributed by atoms with Gasteiger partial charge < -0.3 is 10.6 Å². The highest BCUT2D eigenvalue weighted by atomic mass is 19.1. The molecule has 2 rings (SSSR count). The summed E-state index contributed by atoms with van der Waals surface area (Å²) in [6, 6.07) is 3.88. The number of halogens is 1. The van der Waals surface area contributed by atoms with Gasteiger partial charge in [-0.15, -0.1) is 0 Å². The zero-order valence-corrected chi connectivity index (χ0v) is 11.0. The van der Waals surface area contributed by atoms with Crippen LogP contribution in [0.15, 0.2) is 18.2 Å². The summed E-state index contributed by atoms with van der Waals surface area (Å²) in [4.78, 5) is 23.6. The van der Waals surface area contributed by atoms with E-state index in [2.05, 4.69) is 10.6 Å². The molecular weight excluding hydrogens is 247 g/mol. The number of aryl methyl sites for hydroxylation is 1. The maximum Gasteiger partial charge on any atom is 0.254 e. The van der Waals surface area contributed by atoms with Crippen molar-refractivity contribution in [2.24, 2.45) is 0 Å². The van der Waals surface area contributed by atoms with Gasteiger partial charge in [0.2, 0.25) is 5.91 Å². The number of carbonyl (C=O) groups is 2. The highest BCUT2D eigenvalue weighted by molar-refractivity contribution is 5.97. The van der Waals surface area contributed by atoms with Crippen LogP contribution in [0.4, 0.5) is 4.39 Å². The Labute approximate surface area is 111 Å². The quantitative estimate of drug-likeness (QED) is 0.866. The second-order valence-electron chi connectivity index (χ2n) is 4.96. The second-order valence-corrected chi connectivity index (χ2v) is 4.96. The molecule has 1 aromatic carbocycles. The number of rotatable bonds is 4. The first kappa shape index (κ1) is 13.5. The first-order chi connectivity index (χ1) is 8.97. The van der Waals surface area contributed by atoms with E-state index in [1.54, 1.807) is 19.9 Å². The van der Waals surface area contributed by atoms with Crippen molar-refractivity contribution in [3.8, 4) is 0 Å². The summed E-state index contributed by atoms with van der Waals surface area (Å²) < 4.78 is 13.5. The minimum absolute atomic E-state index is 0.0360. The van der Waals surface area contributed by atoms with Crippen molar-refractivity contribution < 1.29 is 14.0 Å².